The lowest BCUT2D eigenvalue weighted by Crippen LogP contribution is -2.45. The summed E-state index contributed by atoms with van der Waals surface area (Å²) in [4.78, 5) is 52.0. The van der Waals surface area contributed by atoms with E-state index in [1.807, 2.05) is 12.1 Å². The topological polar surface area (TPSA) is 190 Å². The van der Waals surface area contributed by atoms with E-state index in [1.54, 1.807) is 4.90 Å². The van der Waals surface area contributed by atoms with Crippen molar-refractivity contribution in [2.75, 3.05) is 38.7 Å². The van der Waals surface area contributed by atoms with Crippen molar-refractivity contribution in [3.63, 3.8) is 0 Å². The molecule has 2 amide bonds. The first-order valence-electron chi connectivity index (χ1n) is 13.4. The van der Waals surface area contributed by atoms with E-state index in [1.165, 1.54) is 25.0 Å². The summed E-state index contributed by atoms with van der Waals surface area (Å²) in [6.07, 6.45) is 2.95. The van der Waals surface area contributed by atoms with Crippen molar-refractivity contribution in [1.82, 2.24) is 29.7 Å². The molecular formula is C26H31BrN8O6S. The smallest absolute Gasteiger partial charge is 0.326 e. The van der Waals surface area contributed by atoms with Crippen LogP contribution in [-0.4, -0.2) is 81.3 Å². The van der Waals surface area contributed by atoms with Gasteiger partial charge in [-0.25, -0.2) is 15.0 Å². The summed E-state index contributed by atoms with van der Waals surface area (Å²) >= 11 is 5.09. The van der Waals surface area contributed by atoms with Gasteiger partial charge in [-0.15, -0.1) is 0 Å². The molecule has 16 heteroatoms. The Hall–Kier alpha value is -3.63. The van der Waals surface area contributed by atoms with Gasteiger partial charge in [-0.2, -0.15) is 0 Å². The molecule has 1 saturated heterocycles. The molecular weight excluding hydrogens is 632 g/mol. The molecule has 0 bridgehead atoms. The van der Waals surface area contributed by atoms with E-state index in [9.17, 15) is 14.4 Å². The molecule has 2 aliphatic rings. The number of aromatic nitrogens is 4. The minimum absolute atomic E-state index is 0.184. The van der Waals surface area contributed by atoms with Crippen LogP contribution in [0.5, 0.6) is 11.5 Å². The van der Waals surface area contributed by atoms with Gasteiger partial charge in [-0.1, -0.05) is 11.8 Å². The van der Waals surface area contributed by atoms with E-state index < -0.39 is 18.0 Å². The van der Waals surface area contributed by atoms with Crippen LogP contribution in [0.1, 0.15) is 26.2 Å². The average molecular weight is 664 g/mol. The number of nitrogen functional groups attached to an aromatic ring is 1. The largest absolute Gasteiger partial charge is 0.454 e. The minimum Gasteiger partial charge on any atom is -0.454 e. The standard InChI is InChI=1S/C26H31BrN8O6S/c1-14(41-21(37)11-30-20(36)10-28)25(38)34-5-2-15(3-6-34)4-7-35-24-22(23(29)31-12-32-24)33-26(35)42-19-9-18-17(8-16(19)27)39-13-40-18/h8-9,12,14-15H,2-7,10-11,13,28H2,1H3,(H,30,36)(H2,29,31,32). The molecule has 1 unspecified atom stereocenters. The second-order valence-electron chi connectivity index (χ2n) is 9.89. The van der Waals surface area contributed by atoms with Gasteiger partial charge in [0.1, 0.15) is 12.9 Å². The summed E-state index contributed by atoms with van der Waals surface area (Å²) in [7, 11) is 0. The molecule has 224 valence electrons. The molecule has 1 atom stereocenters. The first-order valence-corrected chi connectivity index (χ1v) is 15.0. The summed E-state index contributed by atoms with van der Waals surface area (Å²) in [5, 5.41) is 3.06. The number of esters is 1. The van der Waals surface area contributed by atoms with E-state index in [0.29, 0.717) is 54.0 Å². The Morgan fingerprint density at radius 2 is 1.95 bits per heavy atom. The molecule has 5 rings (SSSR count). The number of halogens is 1. The predicted molar refractivity (Wildman–Crippen MR) is 156 cm³/mol. The van der Waals surface area contributed by atoms with Gasteiger partial charge in [0.2, 0.25) is 12.7 Å². The monoisotopic (exact) mass is 662 g/mol. The maximum absolute atomic E-state index is 12.9. The Balaban J connectivity index is 1.20. The number of piperidine rings is 1. The quantitative estimate of drug-likeness (QED) is 0.267. The minimum atomic E-state index is -0.943. The molecule has 2 aliphatic heterocycles. The zero-order valence-corrected chi connectivity index (χ0v) is 25.3. The zero-order chi connectivity index (χ0) is 29.8. The first kappa shape index (κ1) is 29.8. The highest BCUT2D eigenvalue weighted by Gasteiger charge is 2.29. The van der Waals surface area contributed by atoms with Gasteiger partial charge in [0.05, 0.1) is 6.54 Å². The van der Waals surface area contributed by atoms with Gasteiger partial charge in [-0.3, -0.25) is 14.4 Å². The lowest BCUT2D eigenvalue weighted by Gasteiger charge is -2.33. The lowest BCUT2D eigenvalue weighted by atomic mass is 9.93. The molecule has 0 saturated carbocycles. The number of ether oxygens (including phenoxy) is 3. The summed E-state index contributed by atoms with van der Waals surface area (Å²) in [5.74, 6) is 0.617. The third-order valence-electron chi connectivity index (χ3n) is 7.11. The Labute approximate surface area is 254 Å². The number of hydrogen-bond acceptors (Lipinski definition) is 12. The molecule has 0 aliphatic carbocycles. The van der Waals surface area contributed by atoms with E-state index in [-0.39, 0.29) is 25.8 Å². The summed E-state index contributed by atoms with van der Waals surface area (Å²) in [6, 6.07) is 3.79. The Kier molecular flexibility index (Phi) is 9.33. The third kappa shape index (κ3) is 6.71. The summed E-state index contributed by atoms with van der Waals surface area (Å²) in [5.41, 5.74) is 12.5. The van der Waals surface area contributed by atoms with Gasteiger partial charge in [0.15, 0.2) is 39.7 Å². The van der Waals surface area contributed by atoms with Gasteiger partial charge < -0.3 is 40.5 Å². The fourth-order valence-electron chi connectivity index (χ4n) is 4.83. The highest BCUT2D eigenvalue weighted by atomic mass is 79.9. The van der Waals surface area contributed by atoms with Crippen molar-refractivity contribution in [1.29, 1.82) is 0 Å². The van der Waals surface area contributed by atoms with Gasteiger partial charge >= 0.3 is 5.97 Å². The Morgan fingerprint density at radius 1 is 1.21 bits per heavy atom. The normalized spacial score (nSPS) is 15.5. The molecule has 42 heavy (non-hydrogen) atoms. The number of aryl methyl sites for hydroxylation is 1. The molecule has 3 aromatic rings. The Bertz CT molecular complexity index is 1500. The molecule has 0 radical (unpaired) electrons. The van der Waals surface area contributed by atoms with Crippen LogP contribution >= 0.6 is 27.7 Å². The number of nitrogens with one attached hydrogen (secondary N) is 1. The van der Waals surface area contributed by atoms with Crippen LogP contribution in [0.4, 0.5) is 5.82 Å². The van der Waals surface area contributed by atoms with Crippen LogP contribution in [0.2, 0.25) is 0 Å². The van der Waals surface area contributed by atoms with Crippen molar-refractivity contribution in [2.45, 2.75) is 48.9 Å². The number of fused-ring (bicyclic) bond motifs is 2. The third-order valence-corrected chi connectivity index (χ3v) is 9.08. The number of carbonyl (C=O) groups is 3. The van der Waals surface area contributed by atoms with Crippen LogP contribution in [0.3, 0.4) is 0 Å². The maximum atomic E-state index is 12.9. The van der Waals surface area contributed by atoms with E-state index in [0.717, 1.165) is 33.8 Å². The number of nitrogens with zero attached hydrogens (tertiary/aromatic N) is 5. The van der Waals surface area contributed by atoms with Crippen molar-refractivity contribution < 1.29 is 28.6 Å². The van der Waals surface area contributed by atoms with Crippen molar-refractivity contribution >= 4 is 62.5 Å². The SMILES string of the molecule is CC(OC(=O)CNC(=O)CN)C(=O)N1CCC(CCn2c(Sc3cc4c(cc3Br)OCO4)nc3c(N)ncnc32)CC1. The van der Waals surface area contributed by atoms with Gasteiger partial charge in [0, 0.05) is 29.0 Å². The molecule has 4 heterocycles. The maximum Gasteiger partial charge on any atom is 0.326 e. The number of anilines is 1. The number of benzene rings is 1. The van der Waals surface area contributed by atoms with Crippen LogP contribution in [0.15, 0.2) is 33.0 Å². The fourth-order valence-corrected chi connectivity index (χ4v) is 6.34. The average Bonchev–Trinajstić information content (AvgIpc) is 3.59. The Morgan fingerprint density at radius 3 is 2.69 bits per heavy atom. The van der Waals surface area contributed by atoms with Gasteiger partial charge in [0.25, 0.3) is 5.91 Å². The number of nitrogens with two attached hydrogens (primary N) is 2. The molecule has 0 spiro atoms. The number of hydrogen-bond donors (Lipinski definition) is 3. The van der Waals surface area contributed by atoms with E-state index in [4.69, 9.17) is 30.7 Å². The van der Waals surface area contributed by atoms with E-state index in [2.05, 4.69) is 35.8 Å². The van der Waals surface area contributed by atoms with Crippen LogP contribution in [-0.2, 0) is 25.7 Å². The number of amides is 2. The molecule has 1 fully saturated rings. The zero-order valence-electron chi connectivity index (χ0n) is 22.9. The highest BCUT2D eigenvalue weighted by molar-refractivity contribution is 9.10. The van der Waals surface area contributed by atoms with E-state index >= 15 is 0 Å². The lowest BCUT2D eigenvalue weighted by molar-refractivity contribution is -0.159. The number of likely N-dealkylation sites (tertiary alicyclic amines) is 1. The number of imidazole rings is 1. The van der Waals surface area contributed by atoms with Crippen LogP contribution in [0.25, 0.3) is 11.2 Å². The van der Waals surface area contributed by atoms with Gasteiger partial charge in [-0.05, 0) is 60.2 Å². The first-order chi connectivity index (χ1) is 20.2. The highest BCUT2D eigenvalue weighted by Crippen LogP contribution is 2.43. The second-order valence-corrected chi connectivity index (χ2v) is 11.7. The second kappa shape index (κ2) is 13.1. The van der Waals surface area contributed by atoms with Crippen molar-refractivity contribution in [3.05, 3.63) is 22.9 Å². The molecule has 14 nitrogen and oxygen atoms in total. The van der Waals surface area contributed by atoms with Crippen LogP contribution < -0.4 is 26.3 Å². The fraction of sp³-hybridized carbons (Fsp3) is 0.462. The summed E-state index contributed by atoms with van der Waals surface area (Å²) < 4.78 is 19.1. The number of carbonyl (C=O) groups excluding carboxylic acids is 3. The predicted octanol–water partition coefficient (Wildman–Crippen LogP) is 1.69. The molecule has 5 N–H and O–H groups in total. The molecule has 2 aromatic heterocycles. The van der Waals surface area contributed by atoms with Crippen LogP contribution in [0, 0.1) is 5.92 Å². The summed E-state index contributed by atoms with van der Waals surface area (Å²) in [6.45, 7) is 2.92. The van der Waals surface area contributed by atoms with Crippen molar-refractivity contribution in [2.24, 2.45) is 11.7 Å². The van der Waals surface area contributed by atoms with Crippen molar-refractivity contribution in [3.8, 4) is 11.5 Å². The molecule has 1 aromatic carbocycles. The number of rotatable bonds is 10.